The van der Waals surface area contributed by atoms with Crippen LogP contribution in [0, 0.1) is 23.7 Å². The van der Waals surface area contributed by atoms with E-state index in [-0.39, 0.29) is 0 Å². The van der Waals surface area contributed by atoms with E-state index in [2.05, 4.69) is 31.0 Å². The van der Waals surface area contributed by atoms with Crippen LogP contribution in [0.3, 0.4) is 0 Å². The quantitative estimate of drug-likeness (QED) is 0.826. The maximum Gasteiger partial charge on any atom is 0.0244 e. The van der Waals surface area contributed by atoms with Crippen molar-refractivity contribution in [3.8, 4) is 0 Å². The molecule has 21 heavy (non-hydrogen) atoms. The highest BCUT2D eigenvalue weighted by Crippen LogP contribution is 2.36. The molecule has 3 fully saturated rings. The standard InChI is InChI=1S/C19H36N2/c1-4-15-5-7-16(8-6-15)12-21-13-18(17-9-10-17)20-11-19(21)14(2)3/h14-20H,4-13H2,1-3H3. The summed E-state index contributed by atoms with van der Waals surface area (Å²) in [7, 11) is 0. The molecule has 3 aliphatic rings. The van der Waals surface area contributed by atoms with Crippen molar-refractivity contribution in [2.24, 2.45) is 23.7 Å². The summed E-state index contributed by atoms with van der Waals surface area (Å²) in [6, 6.07) is 1.57. The van der Waals surface area contributed by atoms with Gasteiger partial charge in [0.15, 0.2) is 0 Å². The van der Waals surface area contributed by atoms with Crippen LogP contribution in [0.25, 0.3) is 0 Å². The third-order valence-electron chi connectivity index (χ3n) is 6.49. The normalized spacial score (nSPS) is 38.9. The lowest BCUT2D eigenvalue weighted by atomic mass is 9.80. The van der Waals surface area contributed by atoms with Crippen molar-refractivity contribution in [2.45, 2.75) is 77.8 Å². The Morgan fingerprint density at radius 2 is 1.67 bits per heavy atom. The Hall–Kier alpha value is -0.0800. The van der Waals surface area contributed by atoms with E-state index < -0.39 is 0 Å². The molecule has 0 aromatic carbocycles. The van der Waals surface area contributed by atoms with Gasteiger partial charge in [0.25, 0.3) is 0 Å². The fourth-order valence-corrected chi connectivity index (χ4v) is 4.69. The average Bonchev–Trinajstić information content (AvgIpc) is 3.32. The fraction of sp³-hybridized carbons (Fsp3) is 1.00. The van der Waals surface area contributed by atoms with E-state index in [0.29, 0.717) is 0 Å². The average molecular weight is 293 g/mol. The van der Waals surface area contributed by atoms with Crippen molar-refractivity contribution in [2.75, 3.05) is 19.6 Å². The van der Waals surface area contributed by atoms with Crippen molar-refractivity contribution >= 4 is 0 Å². The van der Waals surface area contributed by atoms with Gasteiger partial charge in [0.1, 0.15) is 0 Å². The zero-order valence-corrected chi connectivity index (χ0v) is 14.5. The lowest BCUT2D eigenvalue weighted by molar-refractivity contribution is 0.0650. The summed E-state index contributed by atoms with van der Waals surface area (Å²) in [6.45, 7) is 11.1. The zero-order chi connectivity index (χ0) is 14.8. The van der Waals surface area contributed by atoms with Gasteiger partial charge in [0.05, 0.1) is 0 Å². The van der Waals surface area contributed by atoms with Crippen molar-refractivity contribution in [3.05, 3.63) is 0 Å². The zero-order valence-electron chi connectivity index (χ0n) is 14.5. The van der Waals surface area contributed by atoms with E-state index in [1.54, 1.807) is 0 Å². The Bertz CT molecular complexity index is 316. The minimum Gasteiger partial charge on any atom is -0.311 e. The van der Waals surface area contributed by atoms with Crippen molar-refractivity contribution < 1.29 is 0 Å². The van der Waals surface area contributed by atoms with E-state index in [9.17, 15) is 0 Å². The van der Waals surface area contributed by atoms with Crippen LogP contribution < -0.4 is 5.32 Å². The van der Waals surface area contributed by atoms with Gasteiger partial charge in [-0.25, -0.2) is 0 Å². The van der Waals surface area contributed by atoms with Gasteiger partial charge in [-0.05, 0) is 49.4 Å². The van der Waals surface area contributed by atoms with E-state index in [4.69, 9.17) is 0 Å². The van der Waals surface area contributed by atoms with Gasteiger partial charge in [0.2, 0.25) is 0 Å². The lowest BCUT2D eigenvalue weighted by Crippen LogP contribution is -2.59. The first-order valence-electron chi connectivity index (χ1n) is 9.64. The maximum absolute atomic E-state index is 3.85. The first kappa shape index (κ1) is 15.8. The van der Waals surface area contributed by atoms with Gasteiger partial charge in [-0.2, -0.15) is 0 Å². The Balaban J connectivity index is 1.54. The largest absolute Gasteiger partial charge is 0.311 e. The van der Waals surface area contributed by atoms with Gasteiger partial charge in [-0.15, -0.1) is 0 Å². The van der Waals surface area contributed by atoms with Gasteiger partial charge < -0.3 is 5.32 Å². The van der Waals surface area contributed by atoms with Crippen LogP contribution >= 0.6 is 0 Å². The lowest BCUT2D eigenvalue weighted by Gasteiger charge is -2.45. The van der Waals surface area contributed by atoms with Crippen LogP contribution in [-0.2, 0) is 0 Å². The molecule has 1 N–H and O–H groups in total. The summed E-state index contributed by atoms with van der Waals surface area (Å²) < 4.78 is 0. The molecule has 2 unspecified atom stereocenters. The third-order valence-corrected chi connectivity index (χ3v) is 6.49. The predicted octanol–water partition coefficient (Wildman–Crippen LogP) is 3.91. The van der Waals surface area contributed by atoms with Crippen LogP contribution in [0.5, 0.6) is 0 Å². The van der Waals surface area contributed by atoms with E-state index >= 15 is 0 Å². The Labute approximate surface area is 132 Å². The summed E-state index contributed by atoms with van der Waals surface area (Å²) in [5, 5.41) is 3.85. The van der Waals surface area contributed by atoms with Crippen LogP contribution in [0.1, 0.15) is 65.7 Å². The van der Waals surface area contributed by atoms with Gasteiger partial charge >= 0.3 is 0 Å². The summed E-state index contributed by atoms with van der Waals surface area (Å²) in [5.41, 5.74) is 0. The predicted molar refractivity (Wildman–Crippen MR) is 90.5 cm³/mol. The summed E-state index contributed by atoms with van der Waals surface area (Å²) in [6.07, 6.45) is 10.3. The summed E-state index contributed by atoms with van der Waals surface area (Å²) in [4.78, 5) is 2.88. The molecule has 122 valence electrons. The minimum absolute atomic E-state index is 0.767. The van der Waals surface area contributed by atoms with E-state index in [1.807, 2.05) is 0 Å². The Morgan fingerprint density at radius 3 is 2.24 bits per heavy atom. The molecule has 1 saturated heterocycles. The molecular formula is C19H36N2. The molecule has 2 nitrogen and oxygen atoms in total. The molecule has 0 spiro atoms. The van der Waals surface area contributed by atoms with E-state index in [1.165, 1.54) is 64.6 Å². The van der Waals surface area contributed by atoms with Crippen LogP contribution in [0.15, 0.2) is 0 Å². The van der Waals surface area contributed by atoms with Crippen molar-refractivity contribution in [1.82, 2.24) is 10.2 Å². The molecule has 0 bridgehead atoms. The molecule has 3 rings (SSSR count). The van der Waals surface area contributed by atoms with Crippen LogP contribution in [-0.4, -0.2) is 36.6 Å². The number of hydrogen-bond acceptors (Lipinski definition) is 2. The van der Waals surface area contributed by atoms with Crippen LogP contribution in [0.2, 0.25) is 0 Å². The second-order valence-corrected chi connectivity index (χ2v) is 8.41. The van der Waals surface area contributed by atoms with Gasteiger partial charge in [0, 0.05) is 31.7 Å². The third kappa shape index (κ3) is 4.01. The van der Waals surface area contributed by atoms with Crippen molar-refractivity contribution in [1.29, 1.82) is 0 Å². The Kier molecular flexibility index (Phi) is 5.27. The smallest absolute Gasteiger partial charge is 0.0244 e. The molecule has 1 aliphatic heterocycles. The molecule has 1 heterocycles. The van der Waals surface area contributed by atoms with Gasteiger partial charge in [-0.3, -0.25) is 4.90 Å². The number of rotatable bonds is 5. The maximum atomic E-state index is 3.85. The molecule has 0 amide bonds. The molecule has 0 aromatic heterocycles. The fourth-order valence-electron chi connectivity index (χ4n) is 4.69. The molecule has 0 aromatic rings. The molecule has 2 aliphatic carbocycles. The number of hydrogen-bond donors (Lipinski definition) is 1. The molecule has 2 saturated carbocycles. The number of nitrogens with zero attached hydrogens (tertiary/aromatic N) is 1. The van der Waals surface area contributed by atoms with Gasteiger partial charge in [-0.1, -0.05) is 40.0 Å². The second-order valence-electron chi connectivity index (χ2n) is 8.41. The second kappa shape index (κ2) is 7.00. The monoisotopic (exact) mass is 292 g/mol. The van der Waals surface area contributed by atoms with Crippen LogP contribution in [0.4, 0.5) is 0 Å². The highest BCUT2D eigenvalue weighted by atomic mass is 15.2. The highest BCUT2D eigenvalue weighted by Gasteiger charge is 2.38. The molecule has 2 atom stereocenters. The number of piperazine rings is 1. The SMILES string of the molecule is CCC1CCC(CN2CC(C3CC3)NCC2C(C)C)CC1. The molecule has 0 radical (unpaired) electrons. The summed E-state index contributed by atoms with van der Waals surface area (Å²) in [5.74, 6) is 3.79. The highest BCUT2D eigenvalue weighted by molar-refractivity contribution is 4.95. The minimum atomic E-state index is 0.767. The summed E-state index contributed by atoms with van der Waals surface area (Å²) >= 11 is 0. The Morgan fingerprint density at radius 1 is 1.00 bits per heavy atom. The topological polar surface area (TPSA) is 15.3 Å². The van der Waals surface area contributed by atoms with Crippen molar-refractivity contribution in [3.63, 3.8) is 0 Å². The number of nitrogens with one attached hydrogen (secondary N) is 1. The molecular weight excluding hydrogens is 256 g/mol. The van der Waals surface area contributed by atoms with E-state index in [0.717, 1.165) is 35.8 Å². The first-order valence-corrected chi connectivity index (χ1v) is 9.64. The first-order chi connectivity index (χ1) is 10.2. The molecule has 2 heteroatoms.